The van der Waals surface area contributed by atoms with E-state index < -0.39 is 0 Å². The second-order valence-electron chi connectivity index (χ2n) is 5.36. The lowest BCUT2D eigenvalue weighted by molar-refractivity contribution is 0.356. The lowest BCUT2D eigenvalue weighted by atomic mass is 10.0. The fourth-order valence-corrected chi connectivity index (χ4v) is 2.36. The monoisotopic (exact) mass is 309 g/mol. The van der Waals surface area contributed by atoms with Crippen molar-refractivity contribution in [2.24, 2.45) is 0 Å². The highest BCUT2D eigenvalue weighted by Gasteiger charge is 2.13. The normalized spacial score (nSPS) is 12.3. The average molecular weight is 309 g/mol. The Morgan fingerprint density at radius 1 is 1.17 bits per heavy atom. The number of nitrogens with one attached hydrogen (secondary N) is 1. The Labute approximate surface area is 135 Å². The Bertz CT molecular complexity index is 739. The van der Waals surface area contributed by atoms with Gasteiger partial charge in [0.25, 0.3) is 0 Å². The second-order valence-corrected chi connectivity index (χ2v) is 5.36. The molecule has 0 radical (unpaired) electrons. The van der Waals surface area contributed by atoms with Crippen molar-refractivity contribution in [2.75, 3.05) is 0 Å². The molecule has 0 fully saturated rings. The minimum absolute atomic E-state index is 0.255. The Morgan fingerprint density at radius 2 is 2.00 bits per heavy atom. The molecule has 0 bridgehead atoms. The number of benzene rings is 1. The van der Waals surface area contributed by atoms with Crippen molar-refractivity contribution >= 4 is 0 Å². The van der Waals surface area contributed by atoms with Gasteiger partial charge in [0.15, 0.2) is 0 Å². The molecule has 1 N–H and O–H groups in total. The van der Waals surface area contributed by atoms with Crippen molar-refractivity contribution in [3.8, 4) is 11.5 Å². The molecular formula is C17H19N5O. The van der Waals surface area contributed by atoms with Gasteiger partial charge in [0, 0.05) is 12.2 Å². The molecule has 118 valence electrons. The molecule has 1 atom stereocenters. The van der Waals surface area contributed by atoms with Crippen LogP contribution in [-0.4, -0.2) is 20.1 Å². The summed E-state index contributed by atoms with van der Waals surface area (Å²) in [4.78, 5) is 12.4. The first kappa shape index (κ1) is 15.3. The third-order valence-corrected chi connectivity index (χ3v) is 3.67. The van der Waals surface area contributed by atoms with E-state index in [2.05, 4.69) is 63.5 Å². The maximum absolute atomic E-state index is 5.28. The fourth-order valence-electron chi connectivity index (χ4n) is 2.36. The van der Waals surface area contributed by atoms with Gasteiger partial charge < -0.3 is 9.84 Å². The van der Waals surface area contributed by atoms with Crippen LogP contribution in [-0.2, 0) is 6.54 Å². The van der Waals surface area contributed by atoms with Crippen LogP contribution in [0, 0.1) is 6.92 Å². The number of aryl methyl sites for hydroxylation is 1. The molecule has 0 saturated carbocycles. The van der Waals surface area contributed by atoms with Crippen molar-refractivity contribution in [1.82, 2.24) is 25.4 Å². The first-order valence-corrected chi connectivity index (χ1v) is 7.65. The van der Waals surface area contributed by atoms with Crippen molar-refractivity contribution in [3.63, 3.8) is 0 Å². The van der Waals surface area contributed by atoms with Gasteiger partial charge in [-0.1, -0.05) is 41.9 Å². The molecule has 23 heavy (non-hydrogen) atoms. The van der Waals surface area contributed by atoms with Crippen LogP contribution in [0.1, 0.15) is 36.4 Å². The quantitative estimate of drug-likeness (QED) is 0.754. The molecule has 3 rings (SSSR count). The smallest absolute Gasteiger partial charge is 0.240 e. The van der Waals surface area contributed by atoms with E-state index in [9.17, 15) is 0 Å². The van der Waals surface area contributed by atoms with E-state index in [1.807, 2.05) is 0 Å². The van der Waals surface area contributed by atoms with Crippen molar-refractivity contribution in [3.05, 3.63) is 59.9 Å². The third-order valence-electron chi connectivity index (χ3n) is 3.67. The summed E-state index contributed by atoms with van der Waals surface area (Å²) in [5.41, 5.74) is 3.17. The SMILES string of the molecule is CC[C@H](NCc1nc(-c2ccncn2)no1)c1ccc(C)cc1. The first-order valence-electron chi connectivity index (χ1n) is 7.65. The molecular weight excluding hydrogens is 290 g/mol. The Hall–Kier alpha value is -2.60. The van der Waals surface area contributed by atoms with E-state index in [0.29, 0.717) is 24.0 Å². The zero-order valence-electron chi connectivity index (χ0n) is 13.2. The van der Waals surface area contributed by atoms with Crippen molar-refractivity contribution in [2.45, 2.75) is 32.9 Å². The summed E-state index contributed by atoms with van der Waals surface area (Å²) < 4.78 is 5.28. The minimum atomic E-state index is 0.255. The Morgan fingerprint density at radius 3 is 2.70 bits per heavy atom. The molecule has 1 aromatic carbocycles. The van der Waals surface area contributed by atoms with E-state index in [1.54, 1.807) is 12.3 Å². The van der Waals surface area contributed by atoms with Crippen LogP contribution in [0.5, 0.6) is 0 Å². The van der Waals surface area contributed by atoms with Crippen LogP contribution in [0.25, 0.3) is 11.5 Å². The molecule has 0 unspecified atom stereocenters. The summed E-state index contributed by atoms with van der Waals surface area (Å²) in [6.07, 6.45) is 4.10. The molecule has 0 aliphatic heterocycles. The predicted octanol–water partition coefficient (Wildman–Crippen LogP) is 3.08. The number of aromatic nitrogens is 4. The summed E-state index contributed by atoms with van der Waals surface area (Å²) >= 11 is 0. The summed E-state index contributed by atoms with van der Waals surface area (Å²) in [7, 11) is 0. The summed E-state index contributed by atoms with van der Waals surface area (Å²) in [5.74, 6) is 1.02. The van der Waals surface area contributed by atoms with E-state index in [0.717, 1.165) is 6.42 Å². The van der Waals surface area contributed by atoms with Gasteiger partial charge in [0.1, 0.15) is 12.0 Å². The van der Waals surface area contributed by atoms with Gasteiger partial charge >= 0.3 is 0 Å². The van der Waals surface area contributed by atoms with Gasteiger partial charge in [-0.2, -0.15) is 4.98 Å². The summed E-state index contributed by atoms with van der Waals surface area (Å²) in [6, 6.07) is 10.6. The summed E-state index contributed by atoms with van der Waals surface area (Å²) in [5, 5.41) is 7.42. The maximum atomic E-state index is 5.28. The molecule has 0 aliphatic rings. The first-order chi connectivity index (χ1) is 11.3. The average Bonchev–Trinajstić information content (AvgIpc) is 3.07. The van der Waals surface area contributed by atoms with Crippen LogP contribution in [0.4, 0.5) is 0 Å². The molecule has 6 nitrogen and oxygen atoms in total. The number of nitrogens with zero attached hydrogens (tertiary/aromatic N) is 4. The number of hydrogen-bond donors (Lipinski definition) is 1. The van der Waals surface area contributed by atoms with Gasteiger partial charge in [-0.3, -0.25) is 0 Å². The third kappa shape index (κ3) is 3.78. The molecule has 6 heteroatoms. The van der Waals surface area contributed by atoms with Crippen LogP contribution < -0.4 is 5.32 Å². The molecule has 0 aliphatic carbocycles. The zero-order chi connectivity index (χ0) is 16.1. The van der Waals surface area contributed by atoms with Crippen LogP contribution in [0.3, 0.4) is 0 Å². The molecule has 3 aromatic rings. The highest BCUT2D eigenvalue weighted by molar-refractivity contribution is 5.46. The van der Waals surface area contributed by atoms with E-state index in [1.165, 1.54) is 17.5 Å². The summed E-state index contributed by atoms with van der Waals surface area (Å²) in [6.45, 7) is 4.76. The maximum Gasteiger partial charge on any atom is 0.240 e. The van der Waals surface area contributed by atoms with Crippen molar-refractivity contribution < 1.29 is 4.52 Å². The topological polar surface area (TPSA) is 76.7 Å². The molecule has 0 spiro atoms. The fraction of sp³-hybridized carbons (Fsp3) is 0.294. The Balaban J connectivity index is 1.65. The number of hydrogen-bond acceptors (Lipinski definition) is 6. The van der Waals surface area contributed by atoms with Gasteiger partial charge in [0.2, 0.25) is 11.7 Å². The number of rotatable bonds is 6. The van der Waals surface area contributed by atoms with E-state index >= 15 is 0 Å². The van der Waals surface area contributed by atoms with Gasteiger partial charge in [-0.15, -0.1) is 0 Å². The molecule has 2 aromatic heterocycles. The zero-order valence-corrected chi connectivity index (χ0v) is 13.2. The van der Waals surface area contributed by atoms with Gasteiger partial charge in [-0.25, -0.2) is 9.97 Å². The lowest BCUT2D eigenvalue weighted by Gasteiger charge is -2.16. The van der Waals surface area contributed by atoms with Gasteiger partial charge in [0.05, 0.1) is 6.54 Å². The predicted molar refractivity (Wildman–Crippen MR) is 86.4 cm³/mol. The molecule has 0 amide bonds. The van der Waals surface area contributed by atoms with Gasteiger partial charge in [-0.05, 0) is 25.0 Å². The standard InChI is InChI=1S/C17H19N5O/c1-3-14(13-6-4-12(2)5-7-13)19-10-16-21-17(22-23-16)15-8-9-18-11-20-15/h4-9,11,14,19H,3,10H2,1-2H3/t14-/m0/s1. The van der Waals surface area contributed by atoms with Crippen molar-refractivity contribution in [1.29, 1.82) is 0 Å². The van der Waals surface area contributed by atoms with Crippen LogP contribution in [0.2, 0.25) is 0 Å². The Kier molecular flexibility index (Phi) is 4.73. The molecule has 0 saturated heterocycles. The van der Waals surface area contributed by atoms with Crippen LogP contribution >= 0.6 is 0 Å². The van der Waals surface area contributed by atoms with Crippen LogP contribution in [0.15, 0.2) is 47.4 Å². The lowest BCUT2D eigenvalue weighted by Crippen LogP contribution is -2.20. The van der Waals surface area contributed by atoms with E-state index in [-0.39, 0.29) is 6.04 Å². The second kappa shape index (κ2) is 7.11. The molecule has 2 heterocycles. The largest absolute Gasteiger partial charge is 0.337 e. The minimum Gasteiger partial charge on any atom is -0.337 e. The highest BCUT2D eigenvalue weighted by Crippen LogP contribution is 2.18. The van der Waals surface area contributed by atoms with E-state index in [4.69, 9.17) is 4.52 Å². The highest BCUT2D eigenvalue weighted by atomic mass is 16.5.